The van der Waals surface area contributed by atoms with Gasteiger partial charge in [0.2, 0.25) is 5.91 Å². The number of amides is 1. The van der Waals surface area contributed by atoms with E-state index in [1.807, 2.05) is 11.9 Å². The summed E-state index contributed by atoms with van der Waals surface area (Å²) in [4.78, 5) is 20.8. The summed E-state index contributed by atoms with van der Waals surface area (Å²) in [5.41, 5.74) is 2.46. The first kappa shape index (κ1) is 18.3. The van der Waals surface area contributed by atoms with Crippen LogP contribution in [0.5, 0.6) is 0 Å². The summed E-state index contributed by atoms with van der Waals surface area (Å²) in [5.74, 6) is 3.04. The number of carbonyl (C=O) groups excluding carboxylic acids is 1. The monoisotopic (exact) mass is 368 g/mol. The summed E-state index contributed by atoms with van der Waals surface area (Å²) >= 11 is 0. The van der Waals surface area contributed by atoms with E-state index in [0.717, 1.165) is 56.9 Å². The van der Waals surface area contributed by atoms with E-state index in [1.54, 1.807) is 0 Å². The first-order valence-electron chi connectivity index (χ1n) is 10.5. The zero-order valence-corrected chi connectivity index (χ0v) is 16.5. The van der Waals surface area contributed by atoms with Gasteiger partial charge in [-0.25, -0.2) is 0 Å². The second kappa shape index (κ2) is 8.32. The van der Waals surface area contributed by atoms with Crippen molar-refractivity contribution < 1.29 is 4.79 Å². The molecule has 0 aromatic heterocycles. The summed E-state index contributed by atoms with van der Waals surface area (Å²) < 4.78 is 0. The predicted octanol–water partition coefficient (Wildman–Crippen LogP) is 3.01. The van der Waals surface area contributed by atoms with Crippen molar-refractivity contribution in [2.75, 3.05) is 26.7 Å². The second-order valence-electron chi connectivity index (χ2n) is 8.35. The number of likely N-dealkylation sites (tertiary alicyclic amines) is 2. The fraction of sp³-hybridized carbons (Fsp3) is 0.636. The Bertz CT molecular complexity index is 687. The van der Waals surface area contributed by atoms with Gasteiger partial charge in [-0.1, -0.05) is 37.1 Å². The molecular formula is C22H32N4O. The third-order valence-corrected chi connectivity index (χ3v) is 6.47. The molecule has 27 heavy (non-hydrogen) atoms. The van der Waals surface area contributed by atoms with Crippen molar-refractivity contribution >= 4 is 11.9 Å². The molecule has 2 aliphatic heterocycles. The molecule has 2 saturated heterocycles. The van der Waals surface area contributed by atoms with Gasteiger partial charge >= 0.3 is 0 Å². The standard InChI is InChI=1S/C22H32N4O/c1-23-22(26-15-19-8-2-3-9-20(19)16-26)24-13-17-6-4-7-18(12-17)14-25-11-5-10-21(25)27/h4,6-7,12,19-20H,2-3,5,8-11,13-16H2,1H3,(H,23,24). The maximum absolute atomic E-state index is 11.9. The van der Waals surface area contributed by atoms with E-state index in [9.17, 15) is 4.79 Å². The fourth-order valence-corrected chi connectivity index (χ4v) is 5.02. The lowest BCUT2D eigenvalue weighted by Gasteiger charge is -2.22. The van der Waals surface area contributed by atoms with Gasteiger partial charge in [0, 0.05) is 46.2 Å². The number of rotatable bonds is 4. The molecule has 5 nitrogen and oxygen atoms in total. The van der Waals surface area contributed by atoms with Crippen LogP contribution in [0.1, 0.15) is 49.7 Å². The first-order chi connectivity index (χ1) is 13.2. The van der Waals surface area contributed by atoms with Crippen LogP contribution in [-0.2, 0) is 17.9 Å². The predicted molar refractivity (Wildman–Crippen MR) is 108 cm³/mol. The van der Waals surface area contributed by atoms with Crippen molar-refractivity contribution in [2.24, 2.45) is 16.8 Å². The molecule has 4 rings (SSSR count). The summed E-state index contributed by atoms with van der Waals surface area (Å²) in [6.45, 7) is 4.71. The van der Waals surface area contributed by atoms with Gasteiger partial charge in [-0.3, -0.25) is 9.79 Å². The van der Waals surface area contributed by atoms with Crippen LogP contribution in [0.25, 0.3) is 0 Å². The van der Waals surface area contributed by atoms with E-state index in [-0.39, 0.29) is 5.91 Å². The van der Waals surface area contributed by atoms with Crippen LogP contribution in [-0.4, -0.2) is 48.3 Å². The average Bonchev–Trinajstić information content (AvgIpc) is 3.29. The van der Waals surface area contributed by atoms with Crippen molar-refractivity contribution in [1.29, 1.82) is 0 Å². The van der Waals surface area contributed by atoms with E-state index in [2.05, 4.69) is 39.5 Å². The summed E-state index contributed by atoms with van der Waals surface area (Å²) in [7, 11) is 1.89. The van der Waals surface area contributed by atoms with Crippen LogP contribution >= 0.6 is 0 Å². The molecule has 1 N–H and O–H groups in total. The van der Waals surface area contributed by atoms with Gasteiger partial charge in [0.05, 0.1) is 0 Å². The summed E-state index contributed by atoms with van der Waals surface area (Å²) in [6.07, 6.45) is 7.26. The average molecular weight is 369 g/mol. The molecule has 0 spiro atoms. The molecule has 0 bridgehead atoms. The highest BCUT2D eigenvalue weighted by Gasteiger charge is 2.35. The van der Waals surface area contributed by atoms with Crippen molar-refractivity contribution in [1.82, 2.24) is 15.1 Å². The molecule has 3 fully saturated rings. The van der Waals surface area contributed by atoms with Crippen LogP contribution in [0, 0.1) is 11.8 Å². The minimum Gasteiger partial charge on any atom is -0.352 e. The minimum absolute atomic E-state index is 0.287. The number of hydrogen-bond donors (Lipinski definition) is 1. The number of guanidine groups is 1. The molecule has 2 unspecified atom stereocenters. The van der Waals surface area contributed by atoms with E-state index < -0.39 is 0 Å². The van der Waals surface area contributed by atoms with Crippen LogP contribution in [0.4, 0.5) is 0 Å². The van der Waals surface area contributed by atoms with Gasteiger partial charge < -0.3 is 15.1 Å². The normalized spacial score (nSPS) is 25.8. The van der Waals surface area contributed by atoms with Gasteiger partial charge in [-0.15, -0.1) is 0 Å². The molecule has 1 aromatic carbocycles. The first-order valence-corrected chi connectivity index (χ1v) is 10.5. The molecule has 1 aliphatic carbocycles. The minimum atomic E-state index is 0.287. The Morgan fingerprint density at radius 3 is 2.56 bits per heavy atom. The topological polar surface area (TPSA) is 47.9 Å². The molecule has 1 amide bonds. The van der Waals surface area contributed by atoms with Crippen LogP contribution in [0.15, 0.2) is 29.3 Å². The Morgan fingerprint density at radius 1 is 1.15 bits per heavy atom. The number of aliphatic imine (C=N–C) groups is 1. The number of fused-ring (bicyclic) bond motifs is 1. The Balaban J connectivity index is 1.33. The number of nitrogens with one attached hydrogen (secondary N) is 1. The molecular weight excluding hydrogens is 336 g/mol. The Morgan fingerprint density at radius 2 is 1.89 bits per heavy atom. The molecule has 5 heteroatoms. The Hall–Kier alpha value is -2.04. The molecule has 1 saturated carbocycles. The van der Waals surface area contributed by atoms with Crippen molar-refractivity contribution in [3.63, 3.8) is 0 Å². The molecule has 146 valence electrons. The molecule has 2 atom stereocenters. The van der Waals surface area contributed by atoms with Crippen molar-refractivity contribution in [3.8, 4) is 0 Å². The SMILES string of the molecule is CN=C(NCc1cccc(CN2CCCC2=O)c1)N1CC2CCCCC2C1. The lowest BCUT2D eigenvalue weighted by Crippen LogP contribution is -2.39. The Labute approximate surface area is 162 Å². The Kier molecular flexibility index (Phi) is 5.65. The molecule has 3 aliphatic rings. The van der Waals surface area contributed by atoms with E-state index >= 15 is 0 Å². The largest absolute Gasteiger partial charge is 0.352 e. The van der Waals surface area contributed by atoms with Crippen LogP contribution < -0.4 is 5.32 Å². The van der Waals surface area contributed by atoms with Crippen molar-refractivity contribution in [2.45, 2.75) is 51.6 Å². The van der Waals surface area contributed by atoms with Gasteiger partial charge in [-0.2, -0.15) is 0 Å². The smallest absolute Gasteiger partial charge is 0.222 e. The molecule has 2 heterocycles. The lowest BCUT2D eigenvalue weighted by molar-refractivity contribution is -0.128. The highest BCUT2D eigenvalue weighted by molar-refractivity contribution is 5.80. The van der Waals surface area contributed by atoms with Crippen LogP contribution in [0.2, 0.25) is 0 Å². The number of carbonyl (C=O) groups is 1. The molecule has 1 aromatic rings. The number of hydrogen-bond acceptors (Lipinski definition) is 2. The van der Waals surface area contributed by atoms with Crippen molar-refractivity contribution in [3.05, 3.63) is 35.4 Å². The maximum atomic E-state index is 11.9. The summed E-state index contributed by atoms with van der Waals surface area (Å²) in [6, 6.07) is 8.59. The van der Waals surface area contributed by atoms with E-state index in [0.29, 0.717) is 6.42 Å². The molecule has 0 radical (unpaired) electrons. The number of nitrogens with zero attached hydrogens (tertiary/aromatic N) is 3. The van der Waals surface area contributed by atoms with Gasteiger partial charge in [0.1, 0.15) is 0 Å². The van der Waals surface area contributed by atoms with Crippen LogP contribution in [0.3, 0.4) is 0 Å². The third-order valence-electron chi connectivity index (χ3n) is 6.47. The fourth-order valence-electron chi connectivity index (χ4n) is 5.02. The van der Waals surface area contributed by atoms with E-state index in [1.165, 1.54) is 36.8 Å². The van der Waals surface area contributed by atoms with Gasteiger partial charge in [0.15, 0.2) is 5.96 Å². The zero-order chi connectivity index (χ0) is 18.6. The lowest BCUT2D eigenvalue weighted by atomic mass is 9.82. The highest BCUT2D eigenvalue weighted by Crippen LogP contribution is 2.35. The zero-order valence-electron chi connectivity index (χ0n) is 16.5. The summed E-state index contributed by atoms with van der Waals surface area (Å²) in [5, 5.41) is 3.56. The third kappa shape index (κ3) is 4.28. The highest BCUT2D eigenvalue weighted by atomic mass is 16.2. The quantitative estimate of drug-likeness (QED) is 0.656. The second-order valence-corrected chi connectivity index (χ2v) is 8.35. The van der Waals surface area contributed by atoms with Gasteiger partial charge in [-0.05, 0) is 42.2 Å². The maximum Gasteiger partial charge on any atom is 0.222 e. The number of benzene rings is 1. The van der Waals surface area contributed by atoms with E-state index in [4.69, 9.17) is 0 Å². The van der Waals surface area contributed by atoms with Gasteiger partial charge in [0.25, 0.3) is 0 Å².